The predicted octanol–water partition coefficient (Wildman–Crippen LogP) is 0.599. The lowest BCUT2D eigenvalue weighted by Gasteiger charge is -2.25. The van der Waals surface area contributed by atoms with Gasteiger partial charge in [-0.3, -0.25) is 20.4 Å². The maximum absolute atomic E-state index is 12.2. The van der Waals surface area contributed by atoms with Crippen molar-refractivity contribution >= 4 is 38.1 Å². The molecule has 1 aliphatic heterocycles. The molecule has 1 aromatic heterocycles. The number of morpholine rings is 1. The van der Waals surface area contributed by atoms with E-state index in [-0.39, 0.29) is 11.4 Å². The number of nitrogens with one attached hydrogen (secondary N) is 2. The summed E-state index contributed by atoms with van der Waals surface area (Å²) in [5.41, 5.74) is 5.76. The lowest BCUT2D eigenvalue weighted by molar-refractivity contribution is 0.0844. The van der Waals surface area contributed by atoms with E-state index in [0.717, 1.165) is 24.5 Å². The summed E-state index contributed by atoms with van der Waals surface area (Å²) in [6.45, 7) is 2.70. The highest BCUT2D eigenvalue weighted by Crippen LogP contribution is 2.21. The van der Waals surface area contributed by atoms with Crippen LogP contribution in [-0.4, -0.2) is 57.8 Å². The first-order chi connectivity index (χ1) is 13.3. The topological polar surface area (TPSA) is 118 Å². The number of benzene rings is 1. The van der Waals surface area contributed by atoms with Crippen LogP contribution < -0.4 is 15.8 Å². The summed E-state index contributed by atoms with van der Waals surface area (Å²) in [4.78, 5) is 30.7. The van der Waals surface area contributed by atoms with E-state index in [9.17, 15) is 18.0 Å². The Morgan fingerprint density at radius 3 is 2.43 bits per heavy atom. The minimum absolute atomic E-state index is 0.0963. The third-order valence-corrected chi connectivity index (χ3v) is 5.70. The first kappa shape index (κ1) is 20.2. The lowest BCUT2D eigenvalue weighted by atomic mass is 10.1. The van der Waals surface area contributed by atoms with Gasteiger partial charge in [0.15, 0.2) is 15.0 Å². The van der Waals surface area contributed by atoms with Gasteiger partial charge >= 0.3 is 0 Å². The van der Waals surface area contributed by atoms with Crippen LogP contribution in [0.5, 0.6) is 0 Å². The Morgan fingerprint density at radius 1 is 1.14 bits per heavy atom. The highest BCUT2D eigenvalue weighted by atomic mass is 32.2. The molecule has 11 heteroatoms. The summed E-state index contributed by atoms with van der Waals surface area (Å²) >= 11 is 1.36. The van der Waals surface area contributed by atoms with Crippen molar-refractivity contribution in [2.45, 2.75) is 5.75 Å². The fourth-order valence-electron chi connectivity index (χ4n) is 2.57. The molecule has 2 amide bonds. The average molecular weight is 425 g/mol. The zero-order chi connectivity index (χ0) is 20.1. The molecular weight excluding hydrogens is 404 g/mol. The highest BCUT2D eigenvalue weighted by molar-refractivity contribution is 7.89. The molecule has 0 unspecified atom stereocenters. The minimum Gasteiger partial charge on any atom is -0.378 e. The second kappa shape index (κ2) is 8.67. The van der Waals surface area contributed by atoms with Gasteiger partial charge in [-0.15, -0.1) is 11.3 Å². The number of thiazole rings is 1. The van der Waals surface area contributed by atoms with Gasteiger partial charge in [0.1, 0.15) is 5.69 Å². The Balaban J connectivity index is 1.54. The molecule has 0 radical (unpaired) electrons. The van der Waals surface area contributed by atoms with Crippen molar-refractivity contribution in [1.29, 1.82) is 0 Å². The molecule has 28 heavy (non-hydrogen) atoms. The first-order valence-corrected chi connectivity index (χ1v) is 11.4. The second-order valence-electron chi connectivity index (χ2n) is 6.29. The molecule has 2 N–H and O–H groups in total. The number of hydrogen-bond donors (Lipinski definition) is 2. The number of amides is 2. The quantitative estimate of drug-likeness (QED) is 0.675. The zero-order valence-electron chi connectivity index (χ0n) is 15.2. The van der Waals surface area contributed by atoms with Crippen LogP contribution in [0.3, 0.4) is 0 Å². The van der Waals surface area contributed by atoms with Crippen LogP contribution in [-0.2, 0) is 20.3 Å². The van der Waals surface area contributed by atoms with Crippen LogP contribution >= 0.6 is 11.3 Å². The SMILES string of the molecule is CS(=O)(=O)Cc1ccc(C(=O)NNC(=O)c2csc(N3CCOCC3)n2)cc1. The van der Waals surface area contributed by atoms with Crippen molar-refractivity contribution < 1.29 is 22.7 Å². The van der Waals surface area contributed by atoms with E-state index < -0.39 is 21.7 Å². The van der Waals surface area contributed by atoms with Crippen molar-refractivity contribution in [1.82, 2.24) is 15.8 Å². The molecule has 1 aromatic carbocycles. The molecule has 0 bridgehead atoms. The van der Waals surface area contributed by atoms with E-state index in [0.29, 0.717) is 24.3 Å². The Morgan fingerprint density at radius 2 is 1.79 bits per heavy atom. The number of carbonyl (C=O) groups is 2. The van der Waals surface area contributed by atoms with Crippen LogP contribution in [0, 0.1) is 0 Å². The number of ether oxygens (including phenoxy) is 1. The van der Waals surface area contributed by atoms with Crippen molar-refractivity contribution in [3.63, 3.8) is 0 Å². The fraction of sp³-hybridized carbons (Fsp3) is 0.353. The number of aromatic nitrogens is 1. The number of hydrazine groups is 1. The van der Waals surface area contributed by atoms with Crippen molar-refractivity contribution in [2.75, 3.05) is 37.5 Å². The summed E-state index contributed by atoms with van der Waals surface area (Å²) < 4.78 is 27.9. The average Bonchev–Trinajstić information content (AvgIpc) is 3.16. The molecule has 0 atom stereocenters. The number of hydrogen-bond acceptors (Lipinski definition) is 8. The minimum atomic E-state index is -3.14. The van der Waals surface area contributed by atoms with Gasteiger partial charge in [0.25, 0.3) is 11.8 Å². The number of sulfone groups is 1. The fourth-order valence-corrected chi connectivity index (χ4v) is 4.23. The first-order valence-electron chi connectivity index (χ1n) is 8.47. The van der Waals surface area contributed by atoms with Gasteiger partial charge in [-0.2, -0.15) is 0 Å². The monoisotopic (exact) mass is 424 g/mol. The van der Waals surface area contributed by atoms with Gasteiger partial charge in [-0.25, -0.2) is 13.4 Å². The predicted molar refractivity (Wildman–Crippen MR) is 105 cm³/mol. The molecule has 0 aliphatic carbocycles. The maximum Gasteiger partial charge on any atom is 0.289 e. The zero-order valence-corrected chi connectivity index (χ0v) is 16.8. The highest BCUT2D eigenvalue weighted by Gasteiger charge is 2.18. The smallest absolute Gasteiger partial charge is 0.289 e. The Labute approximate surface area is 166 Å². The van der Waals surface area contributed by atoms with E-state index in [2.05, 4.69) is 15.8 Å². The van der Waals surface area contributed by atoms with Crippen LogP contribution in [0.1, 0.15) is 26.4 Å². The Kier molecular flexibility index (Phi) is 6.27. The molecule has 0 spiro atoms. The van der Waals surface area contributed by atoms with Gasteiger partial charge in [0.05, 0.1) is 19.0 Å². The summed E-state index contributed by atoms with van der Waals surface area (Å²) in [5, 5.41) is 2.37. The third-order valence-electron chi connectivity index (χ3n) is 3.94. The standard InChI is InChI=1S/C17H20N4O5S2/c1-28(24,25)11-12-2-4-13(5-3-12)15(22)19-20-16(23)14-10-27-17(18-14)21-6-8-26-9-7-21/h2-5,10H,6-9,11H2,1H3,(H,19,22)(H,20,23). The molecule has 0 saturated carbocycles. The summed E-state index contributed by atoms with van der Waals surface area (Å²) in [7, 11) is -3.14. The number of carbonyl (C=O) groups excluding carboxylic acids is 2. The number of anilines is 1. The van der Waals surface area contributed by atoms with E-state index in [1.807, 2.05) is 4.90 Å². The van der Waals surface area contributed by atoms with Gasteiger partial charge in [0.2, 0.25) is 0 Å². The largest absolute Gasteiger partial charge is 0.378 e. The van der Waals surface area contributed by atoms with Crippen molar-refractivity contribution in [3.05, 3.63) is 46.5 Å². The molecule has 2 heterocycles. The van der Waals surface area contributed by atoms with E-state index in [4.69, 9.17) is 4.74 Å². The lowest BCUT2D eigenvalue weighted by Crippen LogP contribution is -2.41. The van der Waals surface area contributed by atoms with E-state index >= 15 is 0 Å². The van der Waals surface area contributed by atoms with E-state index in [1.54, 1.807) is 17.5 Å². The van der Waals surface area contributed by atoms with Gasteiger partial charge in [0, 0.05) is 30.3 Å². The van der Waals surface area contributed by atoms with Crippen molar-refractivity contribution in [3.8, 4) is 0 Å². The summed E-state index contributed by atoms with van der Waals surface area (Å²) in [6.07, 6.45) is 1.14. The second-order valence-corrected chi connectivity index (χ2v) is 9.27. The van der Waals surface area contributed by atoms with Crippen LogP contribution in [0.15, 0.2) is 29.6 Å². The molecule has 9 nitrogen and oxygen atoms in total. The van der Waals surface area contributed by atoms with Crippen LogP contribution in [0.25, 0.3) is 0 Å². The number of nitrogens with zero attached hydrogens (tertiary/aromatic N) is 2. The molecular formula is C17H20N4O5S2. The summed E-state index contributed by atoms with van der Waals surface area (Å²) in [6, 6.07) is 6.13. The molecule has 2 aromatic rings. The van der Waals surface area contributed by atoms with Crippen LogP contribution in [0.4, 0.5) is 5.13 Å². The van der Waals surface area contributed by atoms with Gasteiger partial charge in [-0.05, 0) is 17.7 Å². The molecule has 1 aliphatic rings. The third kappa shape index (κ3) is 5.50. The van der Waals surface area contributed by atoms with Crippen LogP contribution in [0.2, 0.25) is 0 Å². The maximum atomic E-state index is 12.2. The van der Waals surface area contributed by atoms with Gasteiger partial charge in [-0.1, -0.05) is 12.1 Å². The molecule has 150 valence electrons. The molecule has 3 rings (SSSR count). The Hall–Kier alpha value is -2.50. The van der Waals surface area contributed by atoms with E-state index in [1.165, 1.54) is 23.5 Å². The van der Waals surface area contributed by atoms with Crippen molar-refractivity contribution in [2.24, 2.45) is 0 Å². The Bertz CT molecular complexity index is 950. The van der Waals surface area contributed by atoms with Gasteiger partial charge < -0.3 is 9.64 Å². The molecule has 1 saturated heterocycles. The summed E-state index contributed by atoms with van der Waals surface area (Å²) in [5.74, 6) is -1.12. The normalized spacial score (nSPS) is 14.5. The molecule has 1 fully saturated rings. The number of rotatable bonds is 5.